The maximum atomic E-state index is 3.61. The number of hydrogen-bond donors (Lipinski definition) is 1. The molecule has 0 fully saturated rings. The van der Waals surface area contributed by atoms with Crippen molar-refractivity contribution >= 4 is 21.4 Å². The van der Waals surface area contributed by atoms with E-state index in [0.29, 0.717) is 6.04 Å². The first-order valence-corrected chi connectivity index (χ1v) is 8.43. The second-order valence-corrected chi connectivity index (χ2v) is 7.81. The van der Waals surface area contributed by atoms with Gasteiger partial charge in [-0.1, -0.05) is 33.8 Å². The van der Waals surface area contributed by atoms with E-state index in [1.807, 2.05) is 11.3 Å². The van der Waals surface area contributed by atoms with Crippen molar-refractivity contribution in [1.29, 1.82) is 0 Å². The van der Waals surface area contributed by atoms with Crippen molar-refractivity contribution in [2.24, 2.45) is 0 Å². The Morgan fingerprint density at radius 3 is 2.55 bits per heavy atom. The lowest BCUT2D eigenvalue weighted by Crippen LogP contribution is -2.18. The van der Waals surface area contributed by atoms with Gasteiger partial charge in [-0.05, 0) is 60.9 Å². The third kappa shape index (κ3) is 3.07. The number of nitrogens with one attached hydrogen (secondary N) is 1. The van der Waals surface area contributed by atoms with Crippen molar-refractivity contribution in [3.63, 3.8) is 0 Å². The molecule has 1 nitrogen and oxygen atoms in total. The Labute approximate surface area is 127 Å². The minimum Gasteiger partial charge on any atom is -0.309 e. The van der Waals surface area contributed by atoms with Crippen LogP contribution in [0.2, 0.25) is 0 Å². The third-order valence-corrected chi connectivity index (χ3v) is 5.39. The molecule has 2 aromatic rings. The number of benzene rings is 1. The highest BCUT2D eigenvalue weighted by atomic mass is 32.1. The lowest BCUT2D eigenvalue weighted by atomic mass is 9.86. The normalized spacial score (nSPS) is 13.9. The van der Waals surface area contributed by atoms with Gasteiger partial charge in [-0.3, -0.25) is 0 Å². The molecule has 2 heteroatoms. The quantitative estimate of drug-likeness (QED) is 0.776. The molecule has 20 heavy (non-hydrogen) atoms. The van der Waals surface area contributed by atoms with Crippen molar-refractivity contribution in [2.75, 3.05) is 6.54 Å². The monoisotopic (exact) mass is 289 g/mol. The summed E-state index contributed by atoms with van der Waals surface area (Å²) in [6.45, 7) is 14.7. The molecule has 1 heterocycles. The predicted molar refractivity (Wildman–Crippen MR) is 92.0 cm³/mol. The predicted octanol–water partition coefficient (Wildman–Crippen LogP) is 5.57. The summed E-state index contributed by atoms with van der Waals surface area (Å²) in [5.74, 6) is 0. The zero-order chi connectivity index (χ0) is 14.9. The molecule has 0 aliphatic heterocycles. The van der Waals surface area contributed by atoms with E-state index in [2.05, 4.69) is 65.1 Å². The SMILES string of the molecule is CCCNC(C)c1sc2ccc(C(C)(C)C)cc2c1C. The molecule has 0 spiro atoms. The Balaban J connectivity index is 2.43. The van der Waals surface area contributed by atoms with Gasteiger partial charge in [-0.25, -0.2) is 0 Å². The van der Waals surface area contributed by atoms with E-state index in [4.69, 9.17) is 0 Å². The van der Waals surface area contributed by atoms with Gasteiger partial charge in [0, 0.05) is 15.6 Å². The minimum atomic E-state index is 0.217. The Morgan fingerprint density at radius 1 is 1.25 bits per heavy atom. The first-order chi connectivity index (χ1) is 9.34. The van der Waals surface area contributed by atoms with Crippen molar-refractivity contribution < 1.29 is 0 Å². The molecule has 1 N–H and O–H groups in total. The standard InChI is InChI=1S/C18H27NS/c1-7-10-19-13(3)17-12(2)15-11-14(18(4,5)6)8-9-16(15)20-17/h8-9,11,13,19H,7,10H2,1-6H3. The first kappa shape index (κ1) is 15.5. The molecule has 1 atom stereocenters. The van der Waals surface area contributed by atoms with Gasteiger partial charge in [0.1, 0.15) is 0 Å². The van der Waals surface area contributed by atoms with Gasteiger partial charge in [-0.2, -0.15) is 0 Å². The molecule has 1 unspecified atom stereocenters. The molecule has 0 bridgehead atoms. The van der Waals surface area contributed by atoms with Crippen LogP contribution in [0.1, 0.15) is 63.1 Å². The van der Waals surface area contributed by atoms with E-state index in [1.54, 1.807) is 0 Å². The fraction of sp³-hybridized carbons (Fsp3) is 0.556. The van der Waals surface area contributed by atoms with Crippen LogP contribution in [0.3, 0.4) is 0 Å². The number of thiophene rings is 1. The maximum absolute atomic E-state index is 3.61. The summed E-state index contributed by atoms with van der Waals surface area (Å²) in [6.07, 6.45) is 1.18. The van der Waals surface area contributed by atoms with E-state index in [9.17, 15) is 0 Å². The number of hydrogen-bond acceptors (Lipinski definition) is 2. The second kappa shape index (κ2) is 5.87. The van der Waals surface area contributed by atoms with Crippen LogP contribution in [0.4, 0.5) is 0 Å². The van der Waals surface area contributed by atoms with Gasteiger partial charge in [0.2, 0.25) is 0 Å². The molecule has 1 aromatic carbocycles. The molecular weight excluding hydrogens is 262 g/mol. The number of fused-ring (bicyclic) bond motifs is 1. The Bertz CT molecular complexity index is 589. The lowest BCUT2D eigenvalue weighted by molar-refractivity contribution is 0.576. The first-order valence-electron chi connectivity index (χ1n) is 7.61. The highest BCUT2D eigenvalue weighted by Crippen LogP contribution is 2.37. The smallest absolute Gasteiger partial charge is 0.0389 e. The van der Waals surface area contributed by atoms with Crippen LogP contribution in [0.15, 0.2) is 18.2 Å². The summed E-state index contributed by atoms with van der Waals surface area (Å²) in [6, 6.07) is 7.41. The summed E-state index contributed by atoms with van der Waals surface area (Å²) >= 11 is 1.94. The second-order valence-electron chi connectivity index (χ2n) is 6.73. The van der Waals surface area contributed by atoms with E-state index in [1.165, 1.54) is 32.5 Å². The number of rotatable bonds is 4. The minimum absolute atomic E-state index is 0.217. The summed E-state index contributed by atoms with van der Waals surface area (Å²) in [5.41, 5.74) is 3.09. The molecule has 0 saturated heterocycles. The van der Waals surface area contributed by atoms with Crippen LogP contribution in [-0.2, 0) is 5.41 Å². The highest BCUT2D eigenvalue weighted by Gasteiger charge is 2.18. The Hall–Kier alpha value is -0.860. The Morgan fingerprint density at radius 2 is 1.95 bits per heavy atom. The molecule has 0 aliphatic carbocycles. The zero-order valence-corrected chi connectivity index (χ0v) is 14.4. The van der Waals surface area contributed by atoms with Gasteiger partial charge in [-0.15, -0.1) is 11.3 Å². The third-order valence-electron chi connectivity index (χ3n) is 3.93. The Kier molecular flexibility index (Phi) is 4.55. The fourth-order valence-electron chi connectivity index (χ4n) is 2.57. The summed E-state index contributed by atoms with van der Waals surface area (Å²) in [5, 5.41) is 5.04. The van der Waals surface area contributed by atoms with Crippen LogP contribution >= 0.6 is 11.3 Å². The van der Waals surface area contributed by atoms with E-state index < -0.39 is 0 Å². The summed E-state index contributed by atoms with van der Waals surface area (Å²) in [4.78, 5) is 1.49. The molecule has 0 amide bonds. The zero-order valence-electron chi connectivity index (χ0n) is 13.6. The van der Waals surface area contributed by atoms with Gasteiger partial charge in [0.25, 0.3) is 0 Å². The average molecular weight is 289 g/mol. The van der Waals surface area contributed by atoms with Crippen LogP contribution in [0.25, 0.3) is 10.1 Å². The van der Waals surface area contributed by atoms with Crippen LogP contribution < -0.4 is 5.32 Å². The van der Waals surface area contributed by atoms with Crippen molar-refractivity contribution in [1.82, 2.24) is 5.32 Å². The average Bonchev–Trinajstić information content (AvgIpc) is 2.72. The van der Waals surface area contributed by atoms with E-state index >= 15 is 0 Å². The largest absolute Gasteiger partial charge is 0.309 e. The summed E-state index contributed by atoms with van der Waals surface area (Å²) < 4.78 is 1.41. The van der Waals surface area contributed by atoms with Gasteiger partial charge in [0.15, 0.2) is 0 Å². The molecule has 0 aliphatic rings. The van der Waals surface area contributed by atoms with Crippen molar-refractivity contribution in [3.05, 3.63) is 34.2 Å². The van der Waals surface area contributed by atoms with E-state index in [-0.39, 0.29) is 5.41 Å². The topological polar surface area (TPSA) is 12.0 Å². The van der Waals surface area contributed by atoms with Gasteiger partial charge >= 0.3 is 0 Å². The number of aryl methyl sites for hydroxylation is 1. The van der Waals surface area contributed by atoms with Crippen molar-refractivity contribution in [3.8, 4) is 0 Å². The van der Waals surface area contributed by atoms with Gasteiger partial charge < -0.3 is 5.32 Å². The van der Waals surface area contributed by atoms with Gasteiger partial charge in [0.05, 0.1) is 0 Å². The van der Waals surface area contributed by atoms with Crippen LogP contribution in [-0.4, -0.2) is 6.54 Å². The molecule has 0 radical (unpaired) electrons. The molecule has 2 rings (SSSR count). The molecular formula is C18H27NS. The van der Waals surface area contributed by atoms with Crippen LogP contribution in [0.5, 0.6) is 0 Å². The maximum Gasteiger partial charge on any atom is 0.0389 e. The molecule has 1 aromatic heterocycles. The lowest BCUT2D eigenvalue weighted by Gasteiger charge is -2.19. The molecule has 0 saturated carbocycles. The summed E-state index contributed by atoms with van der Waals surface area (Å²) in [7, 11) is 0. The van der Waals surface area contributed by atoms with E-state index in [0.717, 1.165) is 6.54 Å². The van der Waals surface area contributed by atoms with Crippen molar-refractivity contribution in [2.45, 2.75) is 59.4 Å². The van der Waals surface area contributed by atoms with Crippen LogP contribution in [0, 0.1) is 6.92 Å². The fourth-order valence-corrected chi connectivity index (χ4v) is 3.79. The molecule has 110 valence electrons. The highest BCUT2D eigenvalue weighted by molar-refractivity contribution is 7.19.